The summed E-state index contributed by atoms with van der Waals surface area (Å²) in [5.74, 6) is -0.0456. The summed E-state index contributed by atoms with van der Waals surface area (Å²) in [6.07, 6.45) is 0.429. The van der Waals surface area contributed by atoms with Crippen LogP contribution in [0.4, 0.5) is 5.95 Å². The van der Waals surface area contributed by atoms with Gasteiger partial charge in [0.2, 0.25) is 5.95 Å². The highest BCUT2D eigenvalue weighted by Gasteiger charge is 2.29. The van der Waals surface area contributed by atoms with Gasteiger partial charge in [0, 0.05) is 13.2 Å². The predicted molar refractivity (Wildman–Crippen MR) is 108 cm³/mol. The quantitative estimate of drug-likeness (QED) is 0.592. The first kappa shape index (κ1) is 19.9. The molecule has 1 unspecified atom stereocenters. The summed E-state index contributed by atoms with van der Waals surface area (Å²) in [6.45, 7) is 4.52. The van der Waals surface area contributed by atoms with Crippen LogP contribution in [-0.2, 0) is 11.3 Å². The van der Waals surface area contributed by atoms with E-state index in [2.05, 4.69) is 15.4 Å². The van der Waals surface area contributed by atoms with Crippen LogP contribution < -0.4 is 10.1 Å². The lowest BCUT2D eigenvalue weighted by atomic mass is 10.1. The highest BCUT2D eigenvalue weighted by atomic mass is 16.5. The van der Waals surface area contributed by atoms with Gasteiger partial charge in [0.05, 0.1) is 29.9 Å². The molecule has 10 nitrogen and oxygen atoms in total. The van der Waals surface area contributed by atoms with Crippen molar-refractivity contribution in [3.8, 4) is 5.75 Å². The number of nitrogens with zero attached hydrogens (tertiary/aromatic N) is 4. The zero-order chi connectivity index (χ0) is 21.4. The number of anilines is 1. The van der Waals surface area contributed by atoms with Gasteiger partial charge in [0.15, 0.2) is 0 Å². The Kier molecular flexibility index (Phi) is 5.17. The van der Waals surface area contributed by atoms with E-state index in [1.807, 2.05) is 18.4 Å². The Morgan fingerprint density at radius 2 is 2.17 bits per heavy atom. The molecule has 0 spiro atoms. The van der Waals surface area contributed by atoms with Crippen molar-refractivity contribution in [2.45, 2.75) is 32.9 Å². The molecular formula is C20H23N5O5. The van der Waals surface area contributed by atoms with Gasteiger partial charge in [-0.3, -0.25) is 14.8 Å². The molecule has 0 bridgehead atoms. The van der Waals surface area contributed by atoms with Crippen LogP contribution in [0.1, 0.15) is 45.9 Å². The molecule has 0 saturated heterocycles. The molecule has 1 aliphatic rings. The van der Waals surface area contributed by atoms with Crippen LogP contribution >= 0.6 is 0 Å². The maximum Gasteiger partial charge on any atom is 0.338 e. The number of imidazole rings is 1. The number of ether oxygens (including phenoxy) is 2. The van der Waals surface area contributed by atoms with E-state index in [0.29, 0.717) is 47.0 Å². The highest BCUT2D eigenvalue weighted by Crippen LogP contribution is 2.38. The van der Waals surface area contributed by atoms with E-state index in [9.17, 15) is 14.7 Å². The number of esters is 1. The number of hydrogen-bond acceptors (Lipinski definition) is 7. The Morgan fingerprint density at radius 3 is 2.87 bits per heavy atom. The van der Waals surface area contributed by atoms with Crippen LogP contribution in [0.3, 0.4) is 0 Å². The van der Waals surface area contributed by atoms with Crippen molar-refractivity contribution in [1.82, 2.24) is 19.3 Å². The number of aliphatic hydroxyl groups is 1. The van der Waals surface area contributed by atoms with Gasteiger partial charge < -0.3 is 19.1 Å². The Balaban J connectivity index is 1.81. The van der Waals surface area contributed by atoms with Crippen LogP contribution in [0, 0.1) is 6.92 Å². The normalized spacial score (nSPS) is 15.1. The van der Waals surface area contributed by atoms with Gasteiger partial charge in [-0.15, -0.1) is 0 Å². The first-order valence-electron chi connectivity index (χ1n) is 9.70. The van der Waals surface area contributed by atoms with Gasteiger partial charge >= 0.3 is 5.97 Å². The molecule has 0 fully saturated rings. The van der Waals surface area contributed by atoms with Crippen molar-refractivity contribution in [2.75, 3.05) is 25.6 Å². The summed E-state index contributed by atoms with van der Waals surface area (Å²) in [6, 6.07) is 4.70. The number of hydrogen-bond donors (Lipinski definition) is 2. The standard InChI is InChI=1S/C20H23N5O5/c1-4-24-15(7-11(2)23-24)18(27)22-20-21-14-8-12(19(28)29-3)9-16-17(14)25(20)13(5-6-26)10-30-16/h7-9,13,26H,4-6,10H2,1-3H3,(H,21,22,27). The number of aliphatic hydroxyl groups excluding tert-OH is 1. The van der Waals surface area contributed by atoms with Gasteiger partial charge in [-0.2, -0.15) is 5.10 Å². The topological polar surface area (TPSA) is 120 Å². The van der Waals surface area contributed by atoms with E-state index in [-0.39, 0.29) is 25.2 Å². The van der Waals surface area contributed by atoms with Crippen molar-refractivity contribution in [3.05, 3.63) is 35.2 Å². The number of carbonyl (C=O) groups is 2. The molecule has 1 atom stereocenters. The zero-order valence-electron chi connectivity index (χ0n) is 17.0. The molecule has 2 aromatic heterocycles. The van der Waals surface area contributed by atoms with Gasteiger partial charge in [-0.1, -0.05) is 0 Å². The molecule has 158 valence electrons. The molecule has 3 heterocycles. The molecule has 4 rings (SSSR count). The number of nitrogens with one attached hydrogen (secondary N) is 1. The van der Waals surface area contributed by atoms with Gasteiger partial charge in [-0.25, -0.2) is 9.78 Å². The number of rotatable bonds is 6. The number of aryl methyl sites for hydroxylation is 2. The summed E-state index contributed by atoms with van der Waals surface area (Å²) < 4.78 is 14.1. The van der Waals surface area contributed by atoms with Crippen LogP contribution in [-0.4, -0.2) is 56.6 Å². The summed E-state index contributed by atoms with van der Waals surface area (Å²) >= 11 is 0. The minimum Gasteiger partial charge on any atom is -0.489 e. The fourth-order valence-corrected chi connectivity index (χ4v) is 3.74. The molecule has 1 aromatic carbocycles. The third-order valence-electron chi connectivity index (χ3n) is 5.09. The monoisotopic (exact) mass is 413 g/mol. The number of benzene rings is 1. The third-order valence-corrected chi connectivity index (χ3v) is 5.09. The fourth-order valence-electron chi connectivity index (χ4n) is 3.74. The van der Waals surface area contributed by atoms with Crippen LogP contribution in [0.15, 0.2) is 18.2 Å². The van der Waals surface area contributed by atoms with Gasteiger partial charge in [-0.05, 0) is 38.5 Å². The van der Waals surface area contributed by atoms with Crippen molar-refractivity contribution < 1.29 is 24.2 Å². The van der Waals surface area contributed by atoms with Crippen molar-refractivity contribution in [1.29, 1.82) is 0 Å². The Morgan fingerprint density at radius 1 is 1.37 bits per heavy atom. The molecule has 1 amide bonds. The van der Waals surface area contributed by atoms with Crippen molar-refractivity contribution in [2.24, 2.45) is 0 Å². The minimum absolute atomic E-state index is 0.0432. The maximum atomic E-state index is 13.0. The van der Waals surface area contributed by atoms with Crippen molar-refractivity contribution >= 4 is 28.9 Å². The molecule has 1 aliphatic heterocycles. The summed E-state index contributed by atoms with van der Waals surface area (Å²) in [5, 5.41) is 16.7. The number of carbonyl (C=O) groups excluding carboxylic acids is 2. The van der Waals surface area contributed by atoms with E-state index in [4.69, 9.17) is 9.47 Å². The second-order valence-corrected chi connectivity index (χ2v) is 7.06. The second-order valence-electron chi connectivity index (χ2n) is 7.06. The molecule has 0 saturated carbocycles. The van der Waals surface area contributed by atoms with Crippen molar-refractivity contribution in [3.63, 3.8) is 0 Å². The molecule has 2 N–H and O–H groups in total. The summed E-state index contributed by atoms with van der Waals surface area (Å²) in [4.78, 5) is 29.5. The third kappa shape index (κ3) is 3.28. The predicted octanol–water partition coefficient (Wildman–Crippen LogP) is 1.92. The molecular weight excluding hydrogens is 390 g/mol. The van der Waals surface area contributed by atoms with E-state index in [1.165, 1.54) is 7.11 Å². The minimum atomic E-state index is -0.503. The average molecular weight is 413 g/mol. The Hall–Kier alpha value is -3.40. The van der Waals surface area contributed by atoms with E-state index in [1.54, 1.807) is 22.9 Å². The van der Waals surface area contributed by atoms with Crippen LogP contribution in [0.5, 0.6) is 5.75 Å². The number of methoxy groups -OCH3 is 1. The molecule has 0 radical (unpaired) electrons. The lowest BCUT2D eigenvalue weighted by Gasteiger charge is -2.27. The number of amides is 1. The number of aromatic nitrogens is 4. The van der Waals surface area contributed by atoms with E-state index < -0.39 is 5.97 Å². The smallest absolute Gasteiger partial charge is 0.338 e. The van der Waals surface area contributed by atoms with E-state index >= 15 is 0 Å². The first-order chi connectivity index (χ1) is 14.5. The molecule has 3 aromatic rings. The largest absolute Gasteiger partial charge is 0.489 e. The fraction of sp³-hybridized carbons (Fsp3) is 0.400. The van der Waals surface area contributed by atoms with Gasteiger partial charge in [0.1, 0.15) is 23.6 Å². The maximum absolute atomic E-state index is 13.0. The van der Waals surface area contributed by atoms with E-state index in [0.717, 1.165) is 5.69 Å². The Labute approximate surface area is 172 Å². The van der Waals surface area contributed by atoms with Crippen LogP contribution in [0.25, 0.3) is 11.0 Å². The van der Waals surface area contributed by atoms with Crippen LogP contribution in [0.2, 0.25) is 0 Å². The highest BCUT2D eigenvalue weighted by molar-refractivity contribution is 6.04. The summed E-state index contributed by atoms with van der Waals surface area (Å²) in [5.41, 5.74) is 2.63. The molecule has 10 heteroatoms. The SMILES string of the molecule is CCn1nc(C)cc1C(=O)Nc1nc2cc(C(=O)OC)cc3c2n1C(CCO)CO3. The Bertz CT molecular complexity index is 1130. The zero-order valence-corrected chi connectivity index (χ0v) is 17.0. The van der Waals surface area contributed by atoms with Gasteiger partial charge in [0.25, 0.3) is 5.91 Å². The second kappa shape index (κ2) is 7.79. The molecule has 30 heavy (non-hydrogen) atoms. The molecule has 0 aliphatic carbocycles. The first-order valence-corrected chi connectivity index (χ1v) is 9.70. The lowest BCUT2D eigenvalue weighted by Crippen LogP contribution is -2.26. The summed E-state index contributed by atoms with van der Waals surface area (Å²) in [7, 11) is 1.30. The average Bonchev–Trinajstić information content (AvgIpc) is 3.30. The lowest BCUT2D eigenvalue weighted by molar-refractivity contribution is 0.0600.